The number of nitrogens with one attached hydrogen (secondary N) is 1. The Balaban J connectivity index is 1.82. The third-order valence-electron chi connectivity index (χ3n) is 4.60. The summed E-state index contributed by atoms with van der Waals surface area (Å²) in [5.41, 5.74) is 1.78. The quantitative estimate of drug-likeness (QED) is 0.719. The Morgan fingerprint density at radius 2 is 1.67 bits per heavy atom. The number of hydrogen-bond donors (Lipinski definition) is 1. The van der Waals surface area contributed by atoms with Crippen LogP contribution in [0.5, 0.6) is 0 Å². The highest BCUT2D eigenvalue weighted by Gasteiger charge is 2.22. The fourth-order valence-electron chi connectivity index (χ4n) is 3.04. The highest BCUT2D eigenvalue weighted by Crippen LogP contribution is 2.19. The van der Waals surface area contributed by atoms with Crippen molar-refractivity contribution in [2.24, 2.45) is 14.1 Å². The number of aromatic nitrogens is 2. The molecular formula is C19H21N3O4S. The first-order valence-electron chi connectivity index (χ1n) is 8.43. The van der Waals surface area contributed by atoms with Crippen molar-refractivity contribution < 1.29 is 13.2 Å². The molecule has 0 saturated carbocycles. The summed E-state index contributed by atoms with van der Waals surface area (Å²) < 4.78 is 28.1. The molecule has 3 aromatic rings. The number of aryl methyl sites for hydroxylation is 2. The van der Waals surface area contributed by atoms with Crippen LogP contribution in [0.3, 0.4) is 0 Å². The summed E-state index contributed by atoms with van der Waals surface area (Å²) in [5, 5.41) is 2.71. The molecule has 0 radical (unpaired) electrons. The van der Waals surface area contributed by atoms with Gasteiger partial charge in [0.25, 0.3) is 0 Å². The van der Waals surface area contributed by atoms with Crippen molar-refractivity contribution in [2.75, 3.05) is 5.75 Å². The molecule has 1 atom stereocenters. The van der Waals surface area contributed by atoms with Crippen molar-refractivity contribution in [3.8, 4) is 0 Å². The van der Waals surface area contributed by atoms with Crippen LogP contribution in [-0.2, 0) is 28.7 Å². The van der Waals surface area contributed by atoms with Gasteiger partial charge < -0.3 is 5.32 Å². The maximum Gasteiger partial charge on any atom is 0.328 e. The number of carbonyl (C=O) groups excluding carboxylic acids is 1. The van der Waals surface area contributed by atoms with Gasteiger partial charge in [-0.15, -0.1) is 0 Å². The van der Waals surface area contributed by atoms with E-state index in [1.807, 2.05) is 30.3 Å². The Kier molecular flexibility index (Phi) is 4.93. The molecule has 1 unspecified atom stereocenters. The lowest BCUT2D eigenvalue weighted by Crippen LogP contribution is -2.32. The van der Waals surface area contributed by atoms with E-state index in [2.05, 4.69) is 5.32 Å². The number of fused-ring (bicyclic) bond motifs is 1. The van der Waals surface area contributed by atoms with E-state index >= 15 is 0 Å². The van der Waals surface area contributed by atoms with Gasteiger partial charge in [-0.2, -0.15) is 0 Å². The zero-order valence-corrected chi connectivity index (χ0v) is 16.2. The lowest BCUT2D eigenvalue weighted by molar-refractivity contribution is -0.119. The van der Waals surface area contributed by atoms with E-state index in [0.717, 1.165) is 5.56 Å². The molecule has 1 aromatic heterocycles. The van der Waals surface area contributed by atoms with Crippen molar-refractivity contribution >= 4 is 26.8 Å². The average molecular weight is 387 g/mol. The molecule has 27 heavy (non-hydrogen) atoms. The summed E-state index contributed by atoms with van der Waals surface area (Å²) in [6, 6.07) is 13.4. The monoisotopic (exact) mass is 387 g/mol. The Hall–Kier alpha value is -2.87. The van der Waals surface area contributed by atoms with Crippen LogP contribution >= 0.6 is 0 Å². The molecule has 1 heterocycles. The number of nitrogens with zero attached hydrogens (tertiary/aromatic N) is 2. The number of amides is 1. The molecule has 8 heteroatoms. The number of hydrogen-bond acceptors (Lipinski definition) is 4. The molecule has 0 fully saturated rings. The van der Waals surface area contributed by atoms with Gasteiger partial charge in [-0.3, -0.25) is 13.9 Å². The number of benzene rings is 2. The van der Waals surface area contributed by atoms with E-state index in [1.165, 1.54) is 21.3 Å². The van der Waals surface area contributed by atoms with E-state index in [-0.39, 0.29) is 16.6 Å². The SMILES string of the molecule is CC(NC(=O)CS(=O)(=O)c1ccc2c(c1)n(C)c(=O)n2C)c1ccccc1. The summed E-state index contributed by atoms with van der Waals surface area (Å²) in [4.78, 5) is 24.3. The summed E-state index contributed by atoms with van der Waals surface area (Å²) in [6.45, 7) is 1.80. The van der Waals surface area contributed by atoms with Gasteiger partial charge in [-0.25, -0.2) is 13.2 Å². The van der Waals surface area contributed by atoms with Crippen LogP contribution in [-0.4, -0.2) is 29.2 Å². The fourth-order valence-corrected chi connectivity index (χ4v) is 4.21. The lowest BCUT2D eigenvalue weighted by Gasteiger charge is -2.14. The van der Waals surface area contributed by atoms with Crippen LogP contribution in [0.4, 0.5) is 0 Å². The van der Waals surface area contributed by atoms with Crippen molar-refractivity contribution in [1.29, 1.82) is 0 Å². The number of carbonyl (C=O) groups is 1. The minimum atomic E-state index is -3.84. The van der Waals surface area contributed by atoms with Gasteiger partial charge in [0.15, 0.2) is 9.84 Å². The normalized spacial score (nSPS) is 12.9. The molecule has 1 amide bonds. The molecule has 7 nitrogen and oxygen atoms in total. The third kappa shape index (κ3) is 3.66. The standard InChI is InChI=1S/C19H21N3O4S/c1-13(14-7-5-4-6-8-14)20-18(23)12-27(25,26)15-9-10-16-17(11-15)22(3)19(24)21(16)2/h4-11,13H,12H2,1-3H3,(H,20,23). The third-order valence-corrected chi connectivity index (χ3v) is 6.22. The zero-order chi connectivity index (χ0) is 19.8. The maximum atomic E-state index is 12.7. The van der Waals surface area contributed by atoms with Crippen LogP contribution in [0.1, 0.15) is 18.5 Å². The second kappa shape index (κ2) is 7.03. The van der Waals surface area contributed by atoms with Crippen LogP contribution < -0.4 is 11.0 Å². The van der Waals surface area contributed by atoms with Crippen LogP contribution in [0, 0.1) is 0 Å². The van der Waals surface area contributed by atoms with Gasteiger partial charge >= 0.3 is 5.69 Å². The molecule has 3 rings (SSSR count). The topological polar surface area (TPSA) is 90.2 Å². The second-order valence-corrected chi connectivity index (χ2v) is 8.50. The van der Waals surface area contributed by atoms with Crippen molar-refractivity contribution in [3.05, 3.63) is 64.6 Å². The zero-order valence-electron chi connectivity index (χ0n) is 15.3. The van der Waals surface area contributed by atoms with E-state index in [4.69, 9.17) is 0 Å². The van der Waals surface area contributed by atoms with E-state index < -0.39 is 21.5 Å². The number of sulfone groups is 1. The van der Waals surface area contributed by atoms with Crippen LogP contribution in [0.15, 0.2) is 58.2 Å². The average Bonchev–Trinajstić information content (AvgIpc) is 2.86. The van der Waals surface area contributed by atoms with Gasteiger partial charge in [0, 0.05) is 14.1 Å². The largest absolute Gasteiger partial charge is 0.349 e. The van der Waals surface area contributed by atoms with Crippen molar-refractivity contribution in [2.45, 2.75) is 17.9 Å². The first-order valence-corrected chi connectivity index (χ1v) is 10.1. The van der Waals surface area contributed by atoms with Crippen molar-refractivity contribution in [1.82, 2.24) is 14.5 Å². The van der Waals surface area contributed by atoms with Crippen LogP contribution in [0.2, 0.25) is 0 Å². The fraction of sp³-hybridized carbons (Fsp3) is 0.263. The summed E-state index contributed by atoms with van der Waals surface area (Å²) in [7, 11) is -0.635. The van der Waals surface area contributed by atoms with E-state index in [1.54, 1.807) is 27.1 Å². The smallest absolute Gasteiger partial charge is 0.328 e. The number of rotatable bonds is 5. The van der Waals surface area contributed by atoms with E-state index in [0.29, 0.717) is 11.0 Å². The first-order chi connectivity index (χ1) is 12.7. The predicted molar refractivity (Wildman–Crippen MR) is 103 cm³/mol. The summed E-state index contributed by atoms with van der Waals surface area (Å²) in [6.07, 6.45) is 0. The molecule has 142 valence electrons. The molecule has 1 N–H and O–H groups in total. The Morgan fingerprint density at radius 1 is 1.04 bits per heavy atom. The van der Waals surface area contributed by atoms with Gasteiger partial charge in [-0.05, 0) is 30.7 Å². The highest BCUT2D eigenvalue weighted by atomic mass is 32.2. The van der Waals surface area contributed by atoms with Gasteiger partial charge in [-0.1, -0.05) is 30.3 Å². The van der Waals surface area contributed by atoms with Gasteiger partial charge in [0.1, 0.15) is 5.75 Å². The lowest BCUT2D eigenvalue weighted by atomic mass is 10.1. The molecule has 0 aliphatic rings. The van der Waals surface area contributed by atoms with E-state index in [9.17, 15) is 18.0 Å². The molecule has 0 saturated heterocycles. The molecule has 0 aliphatic carbocycles. The highest BCUT2D eigenvalue weighted by molar-refractivity contribution is 7.92. The first kappa shape index (κ1) is 18.9. The molecule has 0 bridgehead atoms. The van der Waals surface area contributed by atoms with Gasteiger partial charge in [0.2, 0.25) is 5.91 Å². The summed E-state index contributed by atoms with van der Waals surface area (Å²) in [5.74, 6) is -1.23. The Bertz CT molecular complexity index is 1160. The molecule has 2 aromatic carbocycles. The van der Waals surface area contributed by atoms with Gasteiger partial charge in [0.05, 0.1) is 22.0 Å². The Labute approximate surface area is 157 Å². The van der Waals surface area contributed by atoms with Crippen LogP contribution in [0.25, 0.3) is 11.0 Å². The molecule has 0 aliphatic heterocycles. The van der Waals surface area contributed by atoms with Crippen molar-refractivity contribution in [3.63, 3.8) is 0 Å². The minimum Gasteiger partial charge on any atom is -0.349 e. The predicted octanol–water partition coefficient (Wildman–Crippen LogP) is 1.53. The molecule has 0 spiro atoms. The second-order valence-electron chi connectivity index (χ2n) is 6.51. The Morgan fingerprint density at radius 3 is 2.33 bits per heavy atom. The summed E-state index contributed by atoms with van der Waals surface area (Å²) >= 11 is 0. The molecular weight excluding hydrogens is 366 g/mol. The number of imidazole rings is 1. The maximum absolute atomic E-state index is 12.7. The minimum absolute atomic E-state index is 0.0127.